The van der Waals surface area contributed by atoms with Crippen molar-refractivity contribution in [3.05, 3.63) is 59.2 Å². The standard InChI is InChI=1S/C16H19FN2O/c1-11-7-8-19-10-13(11)14(18-2)9-12-5-4-6-15(20-3)16(12)17/h4-8,10,14,18H,9H2,1-3H3. The van der Waals surface area contributed by atoms with Crippen molar-refractivity contribution in [3.63, 3.8) is 0 Å². The van der Waals surface area contributed by atoms with E-state index in [-0.39, 0.29) is 17.6 Å². The van der Waals surface area contributed by atoms with Crippen LogP contribution in [0.2, 0.25) is 0 Å². The maximum atomic E-state index is 14.2. The topological polar surface area (TPSA) is 34.1 Å². The Morgan fingerprint density at radius 1 is 1.35 bits per heavy atom. The van der Waals surface area contributed by atoms with E-state index in [0.29, 0.717) is 12.0 Å². The molecule has 106 valence electrons. The molecule has 0 aliphatic carbocycles. The minimum atomic E-state index is -0.295. The van der Waals surface area contributed by atoms with Gasteiger partial charge in [-0.3, -0.25) is 4.98 Å². The molecule has 0 spiro atoms. The zero-order chi connectivity index (χ0) is 14.5. The molecule has 0 amide bonds. The number of benzene rings is 1. The maximum Gasteiger partial charge on any atom is 0.168 e. The third kappa shape index (κ3) is 2.96. The van der Waals surface area contributed by atoms with Gasteiger partial charge in [-0.2, -0.15) is 0 Å². The third-order valence-corrected chi connectivity index (χ3v) is 3.49. The highest BCUT2D eigenvalue weighted by atomic mass is 19.1. The van der Waals surface area contributed by atoms with E-state index < -0.39 is 0 Å². The van der Waals surface area contributed by atoms with E-state index in [9.17, 15) is 4.39 Å². The summed E-state index contributed by atoms with van der Waals surface area (Å²) in [6.45, 7) is 2.03. The first-order chi connectivity index (χ1) is 9.67. The van der Waals surface area contributed by atoms with Gasteiger partial charge in [0, 0.05) is 18.4 Å². The molecule has 0 aliphatic rings. The van der Waals surface area contributed by atoms with Crippen LogP contribution in [-0.2, 0) is 6.42 Å². The van der Waals surface area contributed by atoms with Crippen LogP contribution in [0.5, 0.6) is 5.75 Å². The van der Waals surface area contributed by atoms with Gasteiger partial charge >= 0.3 is 0 Å². The number of ether oxygens (including phenoxy) is 1. The monoisotopic (exact) mass is 274 g/mol. The van der Waals surface area contributed by atoms with Gasteiger partial charge in [-0.05, 0) is 49.2 Å². The molecule has 1 N–H and O–H groups in total. The first kappa shape index (κ1) is 14.5. The summed E-state index contributed by atoms with van der Waals surface area (Å²) >= 11 is 0. The molecule has 2 aromatic rings. The summed E-state index contributed by atoms with van der Waals surface area (Å²) in [6, 6.07) is 7.20. The van der Waals surface area contributed by atoms with Crippen molar-refractivity contribution < 1.29 is 9.13 Å². The lowest BCUT2D eigenvalue weighted by Crippen LogP contribution is -2.20. The molecule has 0 fully saturated rings. The van der Waals surface area contributed by atoms with Gasteiger partial charge in [0.1, 0.15) is 0 Å². The first-order valence-corrected chi connectivity index (χ1v) is 6.56. The fraction of sp³-hybridized carbons (Fsp3) is 0.312. The Hall–Kier alpha value is -1.94. The summed E-state index contributed by atoms with van der Waals surface area (Å²) in [7, 11) is 3.35. The lowest BCUT2D eigenvalue weighted by atomic mass is 9.97. The first-order valence-electron chi connectivity index (χ1n) is 6.56. The summed E-state index contributed by atoms with van der Waals surface area (Å²) in [5.74, 6) is -0.0166. The second-order valence-electron chi connectivity index (χ2n) is 4.71. The summed E-state index contributed by atoms with van der Waals surface area (Å²) in [4.78, 5) is 4.15. The van der Waals surface area contributed by atoms with Crippen LogP contribution in [0.3, 0.4) is 0 Å². The van der Waals surface area contributed by atoms with Crippen molar-refractivity contribution in [1.82, 2.24) is 10.3 Å². The highest BCUT2D eigenvalue weighted by Crippen LogP contribution is 2.26. The number of methoxy groups -OCH3 is 1. The van der Waals surface area contributed by atoms with E-state index in [0.717, 1.165) is 11.1 Å². The van der Waals surface area contributed by atoms with Crippen molar-refractivity contribution in [1.29, 1.82) is 0 Å². The molecule has 4 heteroatoms. The quantitative estimate of drug-likeness (QED) is 0.910. The van der Waals surface area contributed by atoms with E-state index in [4.69, 9.17) is 4.74 Å². The molecule has 3 nitrogen and oxygen atoms in total. The van der Waals surface area contributed by atoms with E-state index in [2.05, 4.69) is 10.3 Å². The van der Waals surface area contributed by atoms with Crippen LogP contribution in [0.1, 0.15) is 22.7 Å². The van der Waals surface area contributed by atoms with Gasteiger partial charge in [0.15, 0.2) is 11.6 Å². The molecule has 2 rings (SSSR count). The van der Waals surface area contributed by atoms with E-state index in [1.165, 1.54) is 7.11 Å². The Kier molecular flexibility index (Phi) is 4.69. The van der Waals surface area contributed by atoms with Crippen LogP contribution >= 0.6 is 0 Å². The lowest BCUT2D eigenvalue weighted by molar-refractivity contribution is 0.383. The average molecular weight is 274 g/mol. The largest absolute Gasteiger partial charge is 0.494 e. The number of halogens is 1. The number of aromatic nitrogens is 1. The molecule has 1 heterocycles. The van der Waals surface area contributed by atoms with Gasteiger partial charge in [-0.25, -0.2) is 4.39 Å². The van der Waals surface area contributed by atoms with Crippen LogP contribution in [0.4, 0.5) is 4.39 Å². The summed E-state index contributed by atoms with van der Waals surface area (Å²) in [5.41, 5.74) is 2.85. The van der Waals surface area contributed by atoms with Gasteiger partial charge in [0.2, 0.25) is 0 Å². The Morgan fingerprint density at radius 3 is 2.80 bits per heavy atom. The summed E-state index contributed by atoms with van der Waals surface area (Å²) in [6.07, 6.45) is 4.14. The highest BCUT2D eigenvalue weighted by molar-refractivity contribution is 5.33. The van der Waals surface area contributed by atoms with Crippen molar-refractivity contribution in [3.8, 4) is 5.75 Å². The fourth-order valence-corrected chi connectivity index (χ4v) is 2.30. The summed E-state index contributed by atoms with van der Waals surface area (Å²) < 4.78 is 19.2. The van der Waals surface area contributed by atoms with Gasteiger partial charge < -0.3 is 10.1 Å². The third-order valence-electron chi connectivity index (χ3n) is 3.49. The summed E-state index contributed by atoms with van der Waals surface area (Å²) in [5, 5.41) is 3.22. The molecule has 0 radical (unpaired) electrons. The van der Waals surface area contributed by atoms with Gasteiger partial charge in [-0.1, -0.05) is 12.1 Å². The maximum absolute atomic E-state index is 14.2. The number of aryl methyl sites for hydroxylation is 1. The molecular weight excluding hydrogens is 255 g/mol. The normalized spacial score (nSPS) is 12.2. The number of nitrogens with zero attached hydrogens (tertiary/aromatic N) is 1. The van der Waals surface area contributed by atoms with E-state index >= 15 is 0 Å². The van der Waals surface area contributed by atoms with Crippen LogP contribution < -0.4 is 10.1 Å². The number of likely N-dealkylation sites (N-methyl/N-ethyl adjacent to an activating group) is 1. The second kappa shape index (κ2) is 6.48. The Labute approximate surface area is 118 Å². The minimum absolute atomic E-state index is 0.0188. The lowest BCUT2D eigenvalue weighted by Gasteiger charge is -2.19. The number of hydrogen-bond donors (Lipinski definition) is 1. The van der Waals surface area contributed by atoms with E-state index in [1.807, 2.05) is 26.2 Å². The molecule has 0 saturated heterocycles. The molecule has 0 saturated carbocycles. The molecule has 1 unspecified atom stereocenters. The number of pyridine rings is 1. The molecule has 1 atom stereocenters. The SMILES string of the molecule is CNC(Cc1cccc(OC)c1F)c1cnccc1C. The Balaban J connectivity index is 2.30. The molecule has 0 aliphatic heterocycles. The smallest absolute Gasteiger partial charge is 0.168 e. The predicted molar refractivity (Wildman–Crippen MR) is 77.4 cm³/mol. The van der Waals surface area contributed by atoms with Crippen molar-refractivity contribution in [2.24, 2.45) is 0 Å². The van der Waals surface area contributed by atoms with Crippen LogP contribution in [0.25, 0.3) is 0 Å². The fourth-order valence-electron chi connectivity index (χ4n) is 2.30. The van der Waals surface area contributed by atoms with Crippen LogP contribution in [0.15, 0.2) is 36.7 Å². The van der Waals surface area contributed by atoms with Crippen LogP contribution in [-0.4, -0.2) is 19.1 Å². The van der Waals surface area contributed by atoms with Gasteiger partial charge in [0.05, 0.1) is 7.11 Å². The second-order valence-corrected chi connectivity index (χ2v) is 4.71. The van der Waals surface area contributed by atoms with Gasteiger partial charge in [0.25, 0.3) is 0 Å². The predicted octanol–water partition coefficient (Wildman–Crippen LogP) is 3.04. The number of hydrogen-bond acceptors (Lipinski definition) is 3. The zero-order valence-corrected chi connectivity index (χ0v) is 12.0. The molecular formula is C16H19FN2O. The Bertz CT molecular complexity index is 586. The molecule has 1 aromatic heterocycles. The van der Waals surface area contributed by atoms with Crippen molar-refractivity contribution in [2.75, 3.05) is 14.2 Å². The van der Waals surface area contributed by atoms with Gasteiger partial charge in [-0.15, -0.1) is 0 Å². The molecule has 20 heavy (non-hydrogen) atoms. The van der Waals surface area contributed by atoms with Crippen LogP contribution in [0, 0.1) is 12.7 Å². The average Bonchev–Trinajstić information content (AvgIpc) is 2.47. The minimum Gasteiger partial charge on any atom is -0.494 e. The highest BCUT2D eigenvalue weighted by Gasteiger charge is 2.16. The van der Waals surface area contributed by atoms with E-state index in [1.54, 1.807) is 24.4 Å². The molecule has 0 bridgehead atoms. The zero-order valence-electron chi connectivity index (χ0n) is 12.0. The Morgan fingerprint density at radius 2 is 2.15 bits per heavy atom. The molecule has 1 aromatic carbocycles. The van der Waals surface area contributed by atoms with Crippen molar-refractivity contribution >= 4 is 0 Å². The van der Waals surface area contributed by atoms with Crippen molar-refractivity contribution in [2.45, 2.75) is 19.4 Å². The number of rotatable bonds is 5. The number of nitrogens with one attached hydrogen (secondary N) is 1.